The third-order valence-electron chi connectivity index (χ3n) is 8.58. The predicted molar refractivity (Wildman–Crippen MR) is 125 cm³/mol. The van der Waals surface area contributed by atoms with Gasteiger partial charge in [0, 0.05) is 44.4 Å². The zero-order valence-electron chi connectivity index (χ0n) is 22.4. The fourth-order valence-corrected chi connectivity index (χ4v) is 6.73. The minimum absolute atomic E-state index is 0.333. The van der Waals surface area contributed by atoms with Gasteiger partial charge in [0.2, 0.25) is 0 Å². The Morgan fingerprint density at radius 3 is 2.05 bits per heavy atom. The van der Waals surface area contributed by atoms with Gasteiger partial charge < -0.3 is 33.9 Å². The summed E-state index contributed by atoms with van der Waals surface area (Å²) in [6.07, 6.45) is -5.00. The van der Waals surface area contributed by atoms with E-state index in [1.165, 1.54) is 26.0 Å². The Balaban J connectivity index is 2.04. The lowest BCUT2D eigenvalue weighted by molar-refractivity contribution is -0.223. The van der Waals surface area contributed by atoms with Crippen molar-refractivity contribution >= 4 is 29.7 Å². The summed E-state index contributed by atoms with van der Waals surface area (Å²) < 4.78 is 28.6. The summed E-state index contributed by atoms with van der Waals surface area (Å²) in [5.41, 5.74) is -6.89. The van der Waals surface area contributed by atoms with Crippen molar-refractivity contribution in [3.8, 4) is 0 Å². The fraction of sp³-hybridized carbons (Fsp3) is 0.731. The van der Waals surface area contributed by atoms with Crippen LogP contribution in [-0.4, -0.2) is 87.2 Å². The molecule has 2 aliphatic heterocycles. The first kappa shape index (κ1) is 28.2. The Kier molecular flexibility index (Phi) is 6.57. The second-order valence-corrected chi connectivity index (χ2v) is 11.4. The lowest BCUT2D eigenvalue weighted by atomic mass is 9.56. The molecule has 0 aromatic rings. The SMILES string of the molecule is CC(=O)O[C@H]1C[C@@](C)(O)[C@H](O)[C@@H]2OC(=O)[C@@]3(C)O[C@]23[C@@H](OC(C)=O)[C@H]2[C@@H](C)C(=O)C=C[C@]2(C)[C@H]1OC(C)=O. The first-order valence-corrected chi connectivity index (χ1v) is 12.5. The molecule has 3 fully saturated rings. The van der Waals surface area contributed by atoms with E-state index in [1.807, 2.05) is 0 Å². The number of epoxide rings is 1. The van der Waals surface area contributed by atoms with Gasteiger partial charge in [-0.25, -0.2) is 4.79 Å². The normalized spacial score (nSPS) is 47.6. The zero-order chi connectivity index (χ0) is 28.6. The van der Waals surface area contributed by atoms with Crippen molar-refractivity contribution in [1.29, 1.82) is 0 Å². The number of rotatable bonds is 3. The molecular formula is C26H34O12. The molecule has 0 bridgehead atoms. The predicted octanol–water partition coefficient (Wildman–Crippen LogP) is 0.148. The number of hydrogen-bond donors (Lipinski definition) is 2. The molecule has 12 heteroatoms. The maximum atomic E-state index is 13.0. The van der Waals surface area contributed by atoms with Crippen molar-refractivity contribution in [3.05, 3.63) is 12.2 Å². The van der Waals surface area contributed by atoms with Gasteiger partial charge >= 0.3 is 23.9 Å². The molecule has 2 N–H and O–H groups in total. The van der Waals surface area contributed by atoms with Crippen LogP contribution in [0.1, 0.15) is 54.9 Å². The van der Waals surface area contributed by atoms with E-state index in [9.17, 15) is 34.2 Å². The van der Waals surface area contributed by atoms with Crippen LogP contribution in [0.4, 0.5) is 0 Å². The monoisotopic (exact) mass is 538 g/mol. The van der Waals surface area contributed by atoms with Gasteiger partial charge in [-0.15, -0.1) is 0 Å². The summed E-state index contributed by atoms with van der Waals surface area (Å²) in [4.78, 5) is 63.0. The molecule has 0 unspecified atom stereocenters. The van der Waals surface area contributed by atoms with Gasteiger partial charge in [-0.2, -0.15) is 0 Å². The largest absolute Gasteiger partial charge is 0.459 e. The average Bonchev–Trinajstić information content (AvgIpc) is 3.36. The van der Waals surface area contributed by atoms with Crippen molar-refractivity contribution in [2.75, 3.05) is 0 Å². The minimum Gasteiger partial charge on any atom is -0.459 e. The van der Waals surface area contributed by atoms with Crippen LogP contribution in [-0.2, 0) is 47.7 Å². The van der Waals surface area contributed by atoms with E-state index >= 15 is 0 Å². The van der Waals surface area contributed by atoms with Crippen LogP contribution in [0.2, 0.25) is 0 Å². The second kappa shape index (κ2) is 8.85. The number of carbonyl (C=O) groups is 5. The number of fused-ring (bicyclic) bond motifs is 1. The molecule has 1 saturated carbocycles. The molecule has 0 aromatic carbocycles. The highest BCUT2D eigenvalue weighted by Crippen LogP contribution is 2.65. The first-order chi connectivity index (χ1) is 17.4. The third-order valence-corrected chi connectivity index (χ3v) is 8.58. The van der Waals surface area contributed by atoms with Gasteiger partial charge in [0.25, 0.3) is 0 Å². The molecule has 1 spiro atoms. The van der Waals surface area contributed by atoms with E-state index in [0.29, 0.717) is 0 Å². The number of allylic oxidation sites excluding steroid dienone is 1. The van der Waals surface area contributed by atoms with Crippen LogP contribution in [0.25, 0.3) is 0 Å². The molecule has 2 aliphatic carbocycles. The summed E-state index contributed by atoms with van der Waals surface area (Å²) >= 11 is 0. The highest BCUT2D eigenvalue weighted by atomic mass is 16.7. The number of ketones is 1. The molecule has 0 radical (unpaired) electrons. The van der Waals surface area contributed by atoms with Crippen LogP contribution < -0.4 is 0 Å². The minimum atomic E-state index is -2.09. The smallest absolute Gasteiger partial charge is 0.342 e. The van der Waals surface area contributed by atoms with E-state index in [-0.39, 0.29) is 5.78 Å². The molecule has 210 valence electrons. The molecule has 2 heterocycles. The molecule has 12 nitrogen and oxygen atoms in total. The second-order valence-electron chi connectivity index (χ2n) is 11.4. The average molecular weight is 539 g/mol. The molecule has 38 heavy (non-hydrogen) atoms. The quantitative estimate of drug-likeness (QED) is 0.283. The molecule has 0 aromatic heterocycles. The number of aliphatic hydroxyl groups excluding tert-OH is 1. The summed E-state index contributed by atoms with van der Waals surface area (Å²) in [6, 6.07) is 0. The Bertz CT molecular complexity index is 1110. The van der Waals surface area contributed by atoms with E-state index in [0.717, 1.165) is 20.8 Å². The highest BCUT2D eigenvalue weighted by molar-refractivity contribution is 5.93. The van der Waals surface area contributed by atoms with Crippen LogP contribution in [0.5, 0.6) is 0 Å². The van der Waals surface area contributed by atoms with Crippen molar-refractivity contribution in [2.24, 2.45) is 17.3 Å². The van der Waals surface area contributed by atoms with Gasteiger partial charge in [-0.3, -0.25) is 19.2 Å². The van der Waals surface area contributed by atoms with E-state index in [1.54, 1.807) is 13.8 Å². The van der Waals surface area contributed by atoms with Crippen LogP contribution in [0, 0.1) is 17.3 Å². The van der Waals surface area contributed by atoms with Gasteiger partial charge in [0.05, 0.1) is 5.60 Å². The molecular weight excluding hydrogens is 504 g/mol. The molecule has 11 atom stereocenters. The third kappa shape index (κ3) is 3.95. The number of esters is 4. The van der Waals surface area contributed by atoms with Gasteiger partial charge in [0.1, 0.15) is 24.4 Å². The Morgan fingerprint density at radius 2 is 1.53 bits per heavy atom. The Morgan fingerprint density at radius 1 is 0.974 bits per heavy atom. The summed E-state index contributed by atoms with van der Waals surface area (Å²) in [7, 11) is 0. The summed E-state index contributed by atoms with van der Waals surface area (Å²) in [5.74, 6) is -5.32. The van der Waals surface area contributed by atoms with Crippen molar-refractivity contribution in [1.82, 2.24) is 0 Å². The lowest BCUT2D eigenvalue weighted by Crippen LogP contribution is -2.66. The van der Waals surface area contributed by atoms with Crippen molar-refractivity contribution < 1.29 is 57.9 Å². The fourth-order valence-electron chi connectivity index (χ4n) is 6.73. The highest BCUT2D eigenvalue weighted by Gasteiger charge is 2.89. The van der Waals surface area contributed by atoms with E-state index in [4.69, 9.17) is 23.7 Å². The van der Waals surface area contributed by atoms with Crippen molar-refractivity contribution in [2.45, 2.75) is 102 Å². The van der Waals surface area contributed by atoms with Crippen LogP contribution >= 0.6 is 0 Å². The van der Waals surface area contributed by atoms with Gasteiger partial charge in [0.15, 0.2) is 23.1 Å². The maximum Gasteiger partial charge on any atom is 0.342 e. The number of aliphatic hydroxyl groups is 2. The van der Waals surface area contributed by atoms with Crippen LogP contribution in [0.15, 0.2) is 12.2 Å². The van der Waals surface area contributed by atoms with E-state index < -0.39 is 94.9 Å². The number of carbonyl (C=O) groups excluding carboxylic acids is 5. The van der Waals surface area contributed by atoms with Gasteiger partial charge in [-0.05, 0) is 19.9 Å². The Hall–Kier alpha value is -2.83. The molecule has 2 saturated heterocycles. The Labute approximate surface area is 219 Å². The number of hydrogen-bond acceptors (Lipinski definition) is 12. The number of ether oxygens (including phenoxy) is 5. The molecule has 4 rings (SSSR count). The maximum absolute atomic E-state index is 13.0. The van der Waals surface area contributed by atoms with Gasteiger partial charge in [-0.1, -0.05) is 19.9 Å². The first-order valence-electron chi connectivity index (χ1n) is 12.5. The summed E-state index contributed by atoms with van der Waals surface area (Å²) in [6.45, 7) is 9.35. The molecule has 0 amide bonds. The summed E-state index contributed by atoms with van der Waals surface area (Å²) in [5, 5.41) is 22.9. The van der Waals surface area contributed by atoms with E-state index in [2.05, 4.69) is 0 Å². The zero-order valence-corrected chi connectivity index (χ0v) is 22.4. The van der Waals surface area contributed by atoms with Crippen LogP contribution in [0.3, 0.4) is 0 Å². The van der Waals surface area contributed by atoms with Crippen molar-refractivity contribution in [3.63, 3.8) is 0 Å². The standard InChI is InChI=1S/C26H34O12/c1-11-15(30)8-9-23(5)17(11)20(36-14(4)29)26-21(37-22(32)25(26,7)38-26)18(31)24(6,33)10-16(34-12(2)27)19(23)35-13(3)28/h8-9,11,16-21,31,33H,10H2,1-7H3/t11-,16-,17+,18+,19-,20-,21-,23-,24+,25+,26+/m0/s1. The topological polar surface area (TPSA) is 175 Å². The molecule has 4 aliphatic rings. The lowest BCUT2D eigenvalue weighted by Gasteiger charge is -2.52.